The summed E-state index contributed by atoms with van der Waals surface area (Å²) < 4.78 is 2.59. The van der Waals surface area contributed by atoms with E-state index >= 15 is 0 Å². The molecule has 238 valence electrons. The summed E-state index contributed by atoms with van der Waals surface area (Å²) in [6.07, 6.45) is 3.60. The summed E-state index contributed by atoms with van der Waals surface area (Å²) >= 11 is 1.85. The maximum Gasteiger partial charge on any atom is 0.0900 e. The molecule has 4 nitrogen and oxygen atoms in total. The van der Waals surface area contributed by atoms with Crippen LogP contribution in [0.2, 0.25) is 0 Å². The molecule has 0 fully saturated rings. The molecule has 0 unspecified atom stereocenters. The van der Waals surface area contributed by atoms with Crippen molar-refractivity contribution in [2.24, 2.45) is 0 Å². The van der Waals surface area contributed by atoms with Crippen molar-refractivity contribution in [1.82, 2.24) is 19.9 Å². The third-order valence-corrected chi connectivity index (χ3v) is 10.7. The molecular formula is C46H28N4S. The number of fused-ring (bicyclic) bond motifs is 7. The van der Waals surface area contributed by atoms with E-state index in [1.54, 1.807) is 12.4 Å². The first-order valence-corrected chi connectivity index (χ1v) is 17.8. The van der Waals surface area contributed by atoms with Crippen LogP contribution in [0.5, 0.6) is 0 Å². The molecule has 0 saturated heterocycles. The van der Waals surface area contributed by atoms with Crippen LogP contribution in [0.15, 0.2) is 170 Å². The molecule has 0 aliphatic heterocycles. The number of pyridine rings is 4. The van der Waals surface area contributed by atoms with Gasteiger partial charge in [-0.2, -0.15) is 0 Å². The first kappa shape index (κ1) is 29.4. The van der Waals surface area contributed by atoms with Crippen LogP contribution in [0.3, 0.4) is 0 Å². The number of aromatic nitrogens is 4. The molecular weight excluding hydrogens is 641 g/mol. The normalized spacial score (nSPS) is 11.5. The van der Waals surface area contributed by atoms with Crippen LogP contribution in [0.1, 0.15) is 0 Å². The zero-order chi connectivity index (χ0) is 33.7. The Bertz CT molecular complexity index is 2840. The minimum atomic E-state index is 0.807. The van der Waals surface area contributed by atoms with Gasteiger partial charge in [-0.15, -0.1) is 11.3 Å². The van der Waals surface area contributed by atoms with Gasteiger partial charge in [0.25, 0.3) is 0 Å². The second-order valence-electron chi connectivity index (χ2n) is 12.7. The Kier molecular flexibility index (Phi) is 6.96. The Balaban J connectivity index is 1.16. The minimum Gasteiger partial charge on any atom is -0.255 e. The lowest BCUT2D eigenvalue weighted by molar-refractivity contribution is 1.22. The number of hydrogen-bond donors (Lipinski definition) is 0. The topological polar surface area (TPSA) is 51.6 Å². The zero-order valence-corrected chi connectivity index (χ0v) is 28.2. The van der Waals surface area contributed by atoms with Crippen molar-refractivity contribution >= 4 is 53.2 Å². The van der Waals surface area contributed by atoms with Crippen molar-refractivity contribution in [2.45, 2.75) is 0 Å². The first-order valence-electron chi connectivity index (χ1n) is 17.0. The lowest BCUT2D eigenvalue weighted by atomic mass is 9.94. The summed E-state index contributed by atoms with van der Waals surface area (Å²) in [7, 11) is 0. The van der Waals surface area contributed by atoms with Gasteiger partial charge in [0.15, 0.2) is 0 Å². The van der Waals surface area contributed by atoms with Crippen LogP contribution in [-0.4, -0.2) is 19.9 Å². The number of thiophene rings is 1. The highest BCUT2D eigenvalue weighted by Gasteiger charge is 2.17. The fourth-order valence-electron chi connectivity index (χ4n) is 7.17. The number of rotatable bonds is 5. The largest absolute Gasteiger partial charge is 0.255 e. The van der Waals surface area contributed by atoms with Crippen LogP contribution >= 0.6 is 11.3 Å². The van der Waals surface area contributed by atoms with Crippen LogP contribution < -0.4 is 0 Å². The molecule has 0 spiro atoms. The van der Waals surface area contributed by atoms with Gasteiger partial charge in [0, 0.05) is 54.3 Å². The Morgan fingerprint density at radius 2 is 1.00 bits per heavy atom. The maximum absolute atomic E-state index is 5.38. The standard InChI is InChI=1S/C46H28N4S/c1-2-11-29(12-3-1)46-36-21-22-43-45(35-15-4-5-18-42(35)51-43)44(36)34-20-19-32(26-39(34)50-46)30-13-10-14-31(25-30)33-27-40(37-16-6-8-23-47-37)49-41(28-33)38-17-7-9-24-48-38/h1-28H. The molecule has 5 aromatic heterocycles. The molecule has 0 N–H and O–H groups in total. The lowest BCUT2D eigenvalue weighted by Gasteiger charge is -2.14. The van der Waals surface area contributed by atoms with Crippen molar-refractivity contribution in [3.63, 3.8) is 0 Å². The van der Waals surface area contributed by atoms with E-state index in [1.165, 1.54) is 30.9 Å². The summed E-state index contributed by atoms with van der Waals surface area (Å²) in [6, 6.07) is 55.3. The van der Waals surface area contributed by atoms with Gasteiger partial charge in [-0.3, -0.25) is 9.97 Å². The fourth-order valence-corrected chi connectivity index (χ4v) is 8.29. The Labute approximate surface area is 298 Å². The Hall–Kier alpha value is -6.56. The molecule has 10 rings (SSSR count). The van der Waals surface area contributed by atoms with E-state index in [-0.39, 0.29) is 0 Å². The molecule has 10 aromatic rings. The summed E-state index contributed by atoms with van der Waals surface area (Å²) in [5.41, 5.74) is 10.7. The smallest absolute Gasteiger partial charge is 0.0900 e. The molecule has 5 aromatic carbocycles. The molecule has 5 heterocycles. The van der Waals surface area contributed by atoms with Gasteiger partial charge in [-0.25, -0.2) is 9.97 Å². The van der Waals surface area contributed by atoms with E-state index in [0.29, 0.717) is 0 Å². The molecule has 0 atom stereocenters. The highest BCUT2D eigenvalue weighted by molar-refractivity contribution is 7.26. The highest BCUT2D eigenvalue weighted by Crippen LogP contribution is 2.44. The number of hydrogen-bond acceptors (Lipinski definition) is 5. The van der Waals surface area contributed by atoms with Gasteiger partial charge in [0.2, 0.25) is 0 Å². The summed E-state index contributed by atoms with van der Waals surface area (Å²) in [5.74, 6) is 0. The lowest BCUT2D eigenvalue weighted by Crippen LogP contribution is -1.94. The van der Waals surface area contributed by atoms with Gasteiger partial charge < -0.3 is 0 Å². The molecule has 51 heavy (non-hydrogen) atoms. The van der Waals surface area contributed by atoms with Crippen LogP contribution in [-0.2, 0) is 0 Å². The minimum absolute atomic E-state index is 0.807. The Morgan fingerprint density at radius 3 is 1.75 bits per heavy atom. The number of nitrogens with zero attached hydrogens (tertiary/aromatic N) is 4. The average Bonchev–Trinajstić information content (AvgIpc) is 3.60. The second-order valence-corrected chi connectivity index (χ2v) is 13.7. The van der Waals surface area contributed by atoms with Crippen molar-refractivity contribution in [1.29, 1.82) is 0 Å². The van der Waals surface area contributed by atoms with Crippen molar-refractivity contribution in [3.05, 3.63) is 170 Å². The molecule has 0 aliphatic rings. The van der Waals surface area contributed by atoms with Crippen LogP contribution in [0, 0.1) is 0 Å². The van der Waals surface area contributed by atoms with Crippen LogP contribution in [0.25, 0.3) is 98.1 Å². The molecule has 0 bridgehead atoms. The maximum atomic E-state index is 5.38. The van der Waals surface area contributed by atoms with E-state index in [1.807, 2.05) is 47.7 Å². The summed E-state index contributed by atoms with van der Waals surface area (Å²) in [5, 5.41) is 6.18. The molecule has 0 saturated carbocycles. The summed E-state index contributed by atoms with van der Waals surface area (Å²) in [6.45, 7) is 0. The van der Waals surface area contributed by atoms with E-state index in [9.17, 15) is 0 Å². The average molecular weight is 669 g/mol. The molecule has 0 amide bonds. The third-order valence-electron chi connectivity index (χ3n) is 9.55. The summed E-state index contributed by atoms with van der Waals surface area (Å²) in [4.78, 5) is 19.6. The quantitative estimate of drug-likeness (QED) is 0.171. The molecule has 0 radical (unpaired) electrons. The monoisotopic (exact) mass is 668 g/mol. The van der Waals surface area contributed by atoms with Crippen molar-refractivity contribution in [3.8, 4) is 56.3 Å². The Morgan fingerprint density at radius 1 is 0.353 bits per heavy atom. The fraction of sp³-hybridized carbons (Fsp3) is 0. The van der Waals surface area contributed by atoms with Crippen LogP contribution in [0.4, 0.5) is 0 Å². The zero-order valence-electron chi connectivity index (χ0n) is 27.4. The first-order chi connectivity index (χ1) is 25.3. The second kappa shape index (κ2) is 12.1. The van der Waals surface area contributed by atoms with Crippen molar-refractivity contribution < 1.29 is 0 Å². The molecule has 5 heteroatoms. The predicted molar refractivity (Wildman–Crippen MR) is 213 cm³/mol. The highest BCUT2D eigenvalue weighted by atomic mass is 32.1. The van der Waals surface area contributed by atoms with E-state index in [2.05, 4.69) is 131 Å². The van der Waals surface area contributed by atoms with Gasteiger partial charge in [-0.1, -0.05) is 97.1 Å². The molecule has 0 aliphatic carbocycles. The van der Waals surface area contributed by atoms with Gasteiger partial charge >= 0.3 is 0 Å². The predicted octanol–water partition coefficient (Wildman–Crippen LogP) is 12.3. The number of benzene rings is 5. The van der Waals surface area contributed by atoms with Gasteiger partial charge in [0.05, 0.1) is 34.0 Å². The van der Waals surface area contributed by atoms with Gasteiger partial charge in [-0.05, 0) is 82.9 Å². The SMILES string of the molecule is c1ccc(-c2nc3cc(-c4cccc(-c5cc(-c6ccccn6)nc(-c6ccccn6)c5)c4)ccc3c3c2ccc2sc4ccccc4c23)cc1. The van der Waals surface area contributed by atoms with E-state index in [0.717, 1.165) is 67.2 Å². The van der Waals surface area contributed by atoms with Crippen molar-refractivity contribution in [2.75, 3.05) is 0 Å². The van der Waals surface area contributed by atoms with Gasteiger partial charge in [0.1, 0.15) is 0 Å². The third kappa shape index (κ3) is 5.14. The van der Waals surface area contributed by atoms with E-state index < -0.39 is 0 Å². The van der Waals surface area contributed by atoms with E-state index in [4.69, 9.17) is 9.97 Å².